The van der Waals surface area contributed by atoms with Gasteiger partial charge in [-0.25, -0.2) is 12.7 Å². The molecule has 94 valence electrons. The molecule has 0 bridgehead atoms. The van der Waals surface area contributed by atoms with Gasteiger partial charge in [0.1, 0.15) is 0 Å². The molecule has 0 aliphatic carbocycles. The van der Waals surface area contributed by atoms with Crippen LogP contribution < -0.4 is 0 Å². The second kappa shape index (κ2) is 7.60. The summed E-state index contributed by atoms with van der Waals surface area (Å²) in [7, 11) is -3.29. The van der Waals surface area contributed by atoms with Crippen molar-refractivity contribution in [1.82, 2.24) is 4.31 Å². The van der Waals surface area contributed by atoms with Crippen LogP contribution in [0.1, 0.15) is 20.8 Å². The summed E-state index contributed by atoms with van der Waals surface area (Å²) in [6.07, 6.45) is 0. The monoisotopic (exact) mass is 248 g/mol. The van der Waals surface area contributed by atoms with Crippen molar-refractivity contribution in [1.29, 1.82) is 5.26 Å². The Morgan fingerprint density at radius 1 is 1.44 bits per heavy atom. The van der Waals surface area contributed by atoms with Crippen molar-refractivity contribution in [2.75, 3.05) is 32.1 Å². The van der Waals surface area contributed by atoms with Gasteiger partial charge in [0, 0.05) is 19.7 Å². The van der Waals surface area contributed by atoms with E-state index in [1.54, 1.807) is 13.8 Å². The number of sulfonamides is 1. The number of nitriles is 1. The van der Waals surface area contributed by atoms with Gasteiger partial charge in [-0.1, -0.05) is 6.92 Å². The zero-order valence-corrected chi connectivity index (χ0v) is 11.0. The Labute approximate surface area is 98.1 Å². The van der Waals surface area contributed by atoms with Crippen molar-refractivity contribution in [3.8, 4) is 6.07 Å². The number of ether oxygens (including phenoxy) is 1. The third-order valence-electron chi connectivity index (χ3n) is 2.13. The summed E-state index contributed by atoms with van der Waals surface area (Å²) in [6, 6.07) is 2.03. The molecule has 0 rings (SSSR count). The minimum Gasteiger partial charge on any atom is -0.381 e. The zero-order valence-electron chi connectivity index (χ0n) is 10.1. The smallest absolute Gasteiger partial charge is 0.216 e. The molecule has 0 aromatic rings. The van der Waals surface area contributed by atoms with Crippen molar-refractivity contribution in [3.05, 3.63) is 0 Å². The molecular formula is C10H20N2O3S. The first-order valence-corrected chi connectivity index (χ1v) is 7.04. The average molecular weight is 248 g/mol. The molecule has 0 N–H and O–H groups in total. The fourth-order valence-electron chi connectivity index (χ4n) is 1.22. The van der Waals surface area contributed by atoms with E-state index in [1.807, 2.05) is 13.0 Å². The molecule has 1 unspecified atom stereocenters. The number of hydrogen-bond acceptors (Lipinski definition) is 4. The second-order valence-electron chi connectivity index (χ2n) is 3.49. The fourth-order valence-corrected chi connectivity index (χ4v) is 2.65. The van der Waals surface area contributed by atoms with Crippen molar-refractivity contribution >= 4 is 10.0 Å². The van der Waals surface area contributed by atoms with Crippen LogP contribution in [-0.4, -0.2) is 44.8 Å². The fraction of sp³-hybridized carbons (Fsp3) is 0.900. The van der Waals surface area contributed by atoms with E-state index in [0.29, 0.717) is 13.2 Å². The predicted molar refractivity (Wildman–Crippen MR) is 62.3 cm³/mol. The highest BCUT2D eigenvalue weighted by Crippen LogP contribution is 2.06. The van der Waals surface area contributed by atoms with E-state index in [9.17, 15) is 8.42 Å². The normalized spacial score (nSPS) is 13.7. The van der Waals surface area contributed by atoms with Gasteiger partial charge in [0.15, 0.2) is 0 Å². The van der Waals surface area contributed by atoms with Crippen molar-refractivity contribution in [2.24, 2.45) is 5.92 Å². The lowest BCUT2D eigenvalue weighted by Gasteiger charge is -2.21. The van der Waals surface area contributed by atoms with Crippen LogP contribution in [0.15, 0.2) is 0 Å². The highest BCUT2D eigenvalue weighted by Gasteiger charge is 2.21. The molecule has 0 aromatic heterocycles. The first-order valence-electron chi connectivity index (χ1n) is 5.43. The van der Waals surface area contributed by atoms with Crippen LogP contribution >= 0.6 is 0 Å². The Balaban J connectivity index is 4.38. The topological polar surface area (TPSA) is 70.4 Å². The van der Waals surface area contributed by atoms with Gasteiger partial charge in [0.2, 0.25) is 10.0 Å². The van der Waals surface area contributed by atoms with Crippen LogP contribution in [0.5, 0.6) is 0 Å². The lowest BCUT2D eigenvalue weighted by molar-refractivity contribution is 0.162. The van der Waals surface area contributed by atoms with Gasteiger partial charge in [0.05, 0.1) is 24.3 Å². The van der Waals surface area contributed by atoms with E-state index in [0.717, 1.165) is 0 Å². The van der Waals surface area contributed by atoms with Crippen LogP contribution in [0, 0.1) is 17.2 Å². The summed E-state index contributed by atoms with van der Waals surface area (Å²) in [5, 5.41) is 8.66. The van der Waals surface area contributed by atoms with Crippen molar-refractivity contribution < 1.29 is 13.2 Å². The quantitative estimate of drug-likeness (QED) is 0.597. The summed E-state index contributed by atoms with van der Waals surface area (Å²) in [5.41, 5.74) is 0. The molecule has 16 heavy (non-hydrogen) atoms. The van der Waals surface area contributed by atoms with Gasteiger partial charge in [0.25, 0.3) is 0 Å². The molecule has 0 aliphatic rings. The van der Waals surface area contributed by atoms with Gasteiger partial charge in [-0.2, -0.15) is 5.26 Å². The molecular weight excluding hydrogens is 228 g/mol. The zero-order chi connectivity index (χ0) is 12.6. The second-order valence-corrected chi connectivity index (χ2v) is 5.58. The van der Waals surface area contributed by atoms with Crippen LogP contribution in [0.3, 0.4) is 0 Å². The van der Waals surface area contributed by atoms with Gasteiger partial charge < -0.3 is 4.74 Å². The minimum atomic E-state index is -3.29. The third kappa shape index (κ3) is 5.45. The molecule has 5 nitrogen and oxygen atoms in total. The first kappa shape index (κ1) is 15.4. The standard InChI is InChI=1S/C10H20N2O3S/c1-4-12(9-10(3)8-11)16(13,14)7-6-15-5-2/h10H,4-7,9H2,1-3H3. The highest BCUT2D eigenvalue weighted by atomic mass is 32.2. The Bertz CT molecular complexity index is 321. The SMILES string of the molecule is CCOCCS(=O)(=O)N(CC)CC(C)C#N. The molecule has 0 aliphatic heterocycles. The molecule has 0 amide bonds. The predicted octanol–water partition coefficient (Wildman–Crippen LogP) is 0.834. The summed E-state index contributed by atoms with van der Waals surface area (Å²) >= 11 is 0. The average Bonchev–Trinajstić information content (AvgIpc) is 2.25. The molecule has 0 saturated heterocycles. The maximum Gasteiger partial charge on any atom is 0.216 e. The maximum atomic E-state index is 11.8. The maximum absolute atomic E-state index is 11.8. The number of hydrogen-bond donors (Lipinski definition) is 0. The summed E-state index contributed by atoms with van der Waals surface area (Å²) in [5.74, 6) is -0.311. The van der Waals surface area contributed by atoms with E-state index in [1.165, 1.54) is 4.31 Å². The van der Waals surface area contributed by atoms with E-state index >= 15 is 0 Å². The van der Waals surface area contributed by atoms with Gasteiger partial charge in [-0.05, 0) is 13.8 Å². The third-order valence-corrected chi connectivity index (χ3v) is 4.01. The Hall–Kier alpha value is -0.640. The Morgan fingerprint density at radius 3 is 2.50 bits per heavy atom. The molecule has 0 saturated carbocycles. The van der Waals surface area contributed by atoms with E-state index in [4.69, 9.17) is 10.00 Å². The largest absolute Gasteiger partial charge is 0.381 e. The van der Waals surface area contributed by atoms with Gasteiger partial charge >= 0.3 is 0 Å². The van der Waals surface area contributed by atoms with Crippen LogP contribution in [-0.2, 0) is 14.8 Å². The summed E-state index contributed by atoms with van der Waals surface area (Å²) in [4.78, 5) is 0. The van der Waals surface area contributed by atoms with Crippen molar-refractivity contribution in [2.45, 2.75) is 20.8 Å². The van der Waals surface area contributed by atoms with Crippen LogP contribution in [0.4, 0.5) is 0 Å². The number of nitrogens with zero attached hydrogens (tertiary/aromatic N) is 2. The lowest BCUT2D eigenvalue weighted by atomic mass is 10.2. The molecule has 1 atom stereocenters. The molecule has 0 fully saturated rings. The summed E-state index contributed by atoms with van der Waals surface area (Å²) in [6.45, 7) is 6.65. The molecule has 0 heterocycles. The Kier molecular flexibility index (Phi) is 7.30. The Morgan fingerprint density at radius 2 is 2.06 bits per heavy atom. The van der Waals surface area contributed by atoms with E-state index in [2.05, 4.69) is 0 Å². The molecule has 0 spiro atoms. The number of rotatable bonds is 8. The van der Waals surface area contributed by atoms with Crippen LogP contribution in [0.2, 0.25) is 0 Å². The van der Waals surface area contributed by atoms with Crippen molar-refractivity contribution in [3.63, 3.8) is 0 Å². The van der Waals surface area contributed by atoms with E-state index in [-0.39, 0.29) is 24.8 Å². The highest BCUT2D eigenvalue weighted by molar-refractivity contribution is 7.89. The van der Waals surface area contributed by atoms with Crippen LogP contribution in [0.25, 0.3) is 0 Å². The molecule has 6 heteroatoms. The van der Waals surface area contributed by atoms with Gasteiger partial charge in [-0.3, -0.25) is 0 Å². The lowest BCUT2D eigenvalue weighted by Crippen LogP contribution is -2.37. The molecule has 0 aromatic carbocycles. The summed E-state index contributed by atoms with van der Waals surface area (Å²) < 4.78 is 30.0. The molecule has 0 radical (unpaired) electrons. The van der Waals surface area contributed by atoms with E-state index < -0.39 is 10.0 Å². The first-order chi connectivity index (χ1) is 7.47. The van der Waals surface area contributed by atoms with Gasteiger partial charge in [-0.15, -0.1) is 0 Å². The minimum absolute atomic E-state index is 0.0210.